The third-order valence-corrected chi connectivity index (χ3v) is 6.19. The van der Waals surface area contributed by atoms with Gasteiger partial charge in [0.15, 0.2) is 0 Å². The third kappa shape index (κ3) is 4.12. The molecule has 3 N–H and O–H groups in total. The Kier molecular flexibility index (Phi) is 5.49. The first-order valence-electron chi connectivity index (χ1n) is 10.4. The van der Waals surface area contributed by atoms with E-state index in [1.807, 2.05) is 12.3 Å². The van der Waals surface area contributed by atoms with Gasteiger partial charge in [-0.05, 0) is 55.9 Å². The Morgan fingerprint density at radius 2 is 2.18 bits per heavy atom. The number of rotatable bonds is 6. The highest BCUT2D eigenvalue weighted by Gasteiger charge is 2.29. The van der Waals surface area contributed by atoms with Gasteiger partial charge >= 0.3 is 0 Å². The number of aromatic nitrogens is 3. The summed E-state index contributed by atoms with van der Waals surface area (Å²) >= 11 is 0. The van der Waals surface area contributed by atoms with Gasteiger partial charge in [-0.25, -0.2) is 4.98 Å². The number of nitrogens with one attached hydrogen (secondary N) is 3. The summed E-state index contributed by atoms with van der Waals surface area (Å²) in [7, 11) is 0. The van der Waals surface area contributed by atoms with Crippen molar-refractivity contribution in [1.82, 2.24) is 15.2 Å². The molecule has 6 nitrogen and oxygen atoms in total. The number of hydrogen-bond acceptors (Lipinski definition) is 5. The normalized spacial score (nSPS) is 19.2. The number of hydrogen-bond donors (Lipinski definition) is 3. The summed E-state index contributed by atoms with van der Waals surface area (Å²) in [4.78, 5) is 4.62. The molecule has 2 aliphatic rings. The molecule has 0 saturated carbocycles. The molecule has 0 atom stereocenters. The molecule has 0 aromatic carbocycles. The predicted molar refractivity (Wildman–Crippen MR) is 112 cm³/mol. The molecule has 2 aromatic rings. The maximum Gasteiger partial charge on any atom is 0.134 e. The molecule has 1 saturated heterocycles. The van der Waals surface area contributed by atoms with Gasteiger partial charge in [-0.15, -0.1) is 0 Å². The Bertz CT molecular complexity index is 835. The molecule has 28 heavy (non-hydrogen) atoms. The molecule has 0 bridgehead atoms. The molecule has 0 radical (unpaired) electrons. The Hall–Kier alpha value is -2.21. The minimum Gasteiger partial charge on any atom is -0.381 e. The zero-order valence-corrected chi connectivity index (χ0v) is 17.0. The van der Waals surface area contributed by atoms with E-state index in [2.05, 4.69) is 34.3 Å². The largest absolute Gasteiger partial charge is 0.381 e. The number of fused-ring (bicyclic) bond motifs is 1. The van der Waals surface area contributed by atoms with Crippen LogP contribution in [0.5, 0.6) is 0 Å². The number of anilines is 1. The van der Waals surface area contributed by atoms with E-state index in [9.17, 15) is 0 Å². The molecular weight excluding hydrogens is 350 g/mol. The van der Waals surface area contributed by atoms with Gasteiger partial charge in [-0.1, -0.05) is 13.8 Å². The fourth-order valence-electron chi connectivity index (χ4n) is 4.38. The SMILES string of the molecule is CC1(C)CCc2c(-c3cnc(NCCC4CCOCC4)c(C=N)c3)n[nH]c2C1. The first kappa shape index (κ1) is 19.1. The van der Waals surface area contributed by atoms with E-state index in [1.165, 1.54) is 23.9 Å². The Balaban J connectivity index is 1.47. The second kappa shape index (κ2) is 8.03. The van der Waals surface area contributed by atoms with E-state index in [0.29, 0.717) is 5.41 Å². The average molecular weight is 382 g/mol. The first-order valence-corrected chi connectivity index (χ1v) is 10.4. The van der Waals surface area contributed by atoms with Crippen molar-refractivity contribution >= 4 is 12.0 Å². The van der Waals surface area contributed by atoms with Crippen molar-refractivity contribution in [3.05, 3.63) is 29.1 Å². The molecule has 2 aromatic heterocycles. The van der Waals surface area contributed by atoms with E-state index in [4.69, 9.17) is 10.1 Å². The number of aromatic amines is 1. The van der Waals surface area contributed by atoms with Crippen LogP contribution in [0.4, 0.5) is 5.82 Å². The van der Waals surface area contributed by atoms with E-state index in [0.717, 1.165) is 80.4 Å². The summed E-state index contributed by atoms with van der Waals surface area (Å²) in [6.07, 6.45) is 9.93. The Morgan fingerprint density at radius 1 is 1.36 bits per heavy atom. The molecule has 0 spiro atoms. The minimum absolute atomic E-state index is 0.327. The van der Waals surface area contributed by atoms with Crippen LogP contribution in [0.3, 0.4) is 0 Å². The summed E-state index contributed by atoms with van der Waals surface area (Å²) in [5.74, 6) is 1.51. The zero-order chi connectivity index (χ0) is 19.6. The van der Waals surface area contributed by atoms with E-state index in [-0.39, 0.29) is 0 Å². The van der Waals surface area contributed by atoms with Crippen LogP contribution in [-0.2, 0) is 17.6 Å². The maximum absolute atomic E-state index is 7.83. The Morgan fingerprint density at radius 3 is 2.96 bits per heavy atom. The van der Waals surface area contributed by atoms with Gasteiger partial charge in [0.25, 0.3) is 0 Å². The lowest BCUT2D eigenvalue weighted by Crippen LogP contribution is -2.21. The average Bonchev–Trinajstić information content (AvgIpc) is 3.10. The van der Waals surface area contributed by atoms with E-state index < -0.39 is 0 Å². The van der Waals surface area contributed by atoms with Crippen LogP contribution in [0.25, 0.3) is 11.3 Å². The fraction of sp³-hybridized carbons (Fsp3) is 0.591. The molecule has 3 heterocycles. The standard InChI is InChI=1S/C22H31N5O/c1-22(2)7-3-18-19(12-22)26-27-20(18)17-11-16(13-23)21(25-14-17)24-8-4-15-5-9-28-10-6-15/h11,13-15,23H,3-10,12H2,1-2H3,(H,24,25)(H,26,27). The number of pyridine rings is 1. The van der Waals surface area contributed by atoms with Gasteiger partial charge in [0.05, 0.1) is 5.69 Å². The molecule has 150 valence electrons. The smallest absolute Gasteiger partial charge is 0.134 e. The summed E-state index contributed by atoms with van der Waals surface area (Å²) in [5.41, 5.74) is 5.70. The highest BCUT2D eigenvalue weighted by molar-refractivity contribution is 5.86. The molecule has 4 rings (SSSR count). The predicted octanol–water partition coefficient (Wildman–Crippen LogP) is 4.21. The second-order valence-corrected chi connectivity index (χ2v) is 8.95. The van der Waals surface area contributed by atoms with Crippen molar-refractivity contribution < 1.29 is 4.74 Å². The van der Waals surface area contributed by atoms with Crippen molar-refractivity contribution in [3.63, 3.8) is 0 Å². The quantitative estimate of drug-likeness (QED) is 0.654. The van der Waals surface area contributed by atoms with Gasteiger partial charge in [0.1, 0.15) is 5.82 Å². The van der Waals surface area contributed by atoms with Crippen molar-refractivity contribution in [2.45, 2.75) is 52.4 Å². The second-order valence-electron chi connectivity index (χ2n) is 8.95. The number of H-pyrrole nitrogens is 1. The van der Waals surface area contributed by atoms with Gasteiger partial charge in [-0.3, -0.25) is 5.10 Å². The highest BCUT2D eigenvalue weighted by atomic mass is 16.5. The van der Waals surface area contributed by atoms with E-state index >= 15 is 0 Å². The fourth-order valence-corrected chi connectivity index (χ4v) is 4.38. The third-order valence-electron chi connectivity index (χ3n) is 6.19. The molecule has 6 heteroatoms. The van der Waals surface area contributed by atoms with Crippen LogP contribution in [0.1, 0.15) is 56.4 Å². The van der Waals surface area contributed by atoms with Gasteiger partial charge in [0.2, 0.25) is 0 Å². The Labute approximate surface area is 167 Å². The lowest BCUT2D eigenvalue weighted by molar-refractivity contribution is 0.0649. The van der Waals surface area contributed by atoms with Crippen LogP contribution in [-0.4, -0.2) is 41.2 Å². The van der Waals surface area contributed by atoms with Crippen molar-refractivity contribution in [3.8, 4) is 11.3 Å². The summed E-state index contributed by atoms with van der Waals surface area (Å²) in [6.45, 7) is 7.27. The highest BCUT2D eigenvalue weighted by Crippen LogP contribution is 2.38. The number of nitrogens with zero attached hydrogens (tertiary/aromatic N) is 2. The van der Waals surface area contributed by atoms with Crippen LogP contribution in [0.2, 0.25) is 0 Å². The molecule has 1 fully saturated rings. The van der Waals surface area contributed by atoms with Gasteiger partial charge < -0.3 is 15.5 Å². The van der Waals surface area contributed by atoms with E-state index in [1.54, 1.807) is 0 Å². The topological polar surface area (TPSA) is 86.7 Å². The molecular formula is C22H31N5O. The van der Waals surface area contributed by atoms with Crippen molar-refractivity contribution in [1.29, 1.82) is 5.41 Å². The molecule has 0 unspecified atom stereocenters. The summed E-state index contributed by atoms with van der Waals surface area (Å²) < 4.78 is 5.43. The summed E-state index contributed by atoms with van der Waals surface area (Å²) in [6, 6.07) is 2.03. The van der Waals surface area contributed by atoms with Gasteiger partial charge in [0, 0.05) is 54.6 Å². The number of ether oxygens (including phenoxy) is 1. The molecule has 1 aliphatic heterocycles. The first-order chi connectivity index (χ1) is 13.6. The minimum atomic E-state index is 0.327. The van der Waals surface area contributed by atoms with Crippen molar-refractivity contribution in [2.75, 3.05) is 25.1 Å². The lowest BCUT2D eigenvalue weighted by atomic mass is 9.76. The lowest BCUT2D eigenvalue weighted by Gasteiger charge is -2.29. The van der Waals surface area contributed by atoms with Gasteiger partial charge in [-0.2, -0.15) is 5.10 Å². The zero-order valence-electron chi connectivity index (χ0n) is 17.0. The van der Waals surface area contributed by atoms with Crippen LogP contribution < -0.4 is 5.32 Å². The van der Waals surface area contributed by atoms with Crippen LogP contribution >= 0.6 is 0 Å². The molecule has 0 amide bonds. The van der Waals surface area contributed by atoms with Crippen LogP contribution in [0, 0.1) is 16.7 Å². The molecule has 1 aliphatic carbocycles. The maximum atomic E-state index is 7.83. The van der Waals surface area contributed by atoms with Crippen LogP contribution in [0.15, 0.2) is 12.3 Å². The summed E-state index contributed by atoms with van der Waals surface area (Å²) in [5, 5.41) is 19.1. The van der Waals surface area contributed by atoms with Crippen molar-refractivity contribution in [2.24, 2.45) is 11.3 Å². The monoisotopic (exact) mass is 381 g/mol.